The average Bonchev–Trinajstić information content (AvgIpc) is 3.21. The average molecular weight is 454 g/mol. The summed E-state index contributed by atoms with van der Waals surface area (Å²) < 4.78 is 3.36. The van der Waals surface area contributed by atoms with Crippen LogP contribution in [0.25, 0.3) is 22.4 Å². The molecule has 0 radical (unpaired) electrons. The van der Waals surface area contributed by atoms with Crippen LogP contribution in [0.5, 0.6) is 0 Å². The molecule has 3 aromatic carbocycles. The number of nitrogens with one attached hydrogen (secondary N) is 1. The first-order valence-electron chi connectivity index (χ1n) is 10.6. The molecule has 0 bridgehead atoms. The van der Waals surface area contributed by atoms with Crippen LogP contribution < -0.4 is 10.9 Å². The first-order valence-corrected chi connectivity index (χ1v) is 11.8. The van der Waals surface area contributed by atoms with Gasteiger partial charge in [0.05, 0.1) is 11.4 Å². The second kappa shape index (κ2) is 8.60. The molecule has 5 rings (SSSR count). The van der Waals surface area contributed by atoms with Gasteiger partial charge in [-0.25, -0.2) is 9.25 Å². The molecule has 7 heteroatoms. The first-order chi connectivity index (χ1) is 16.0. The van der Waals surface area contributed by atoms with E-state index >= 15 is 0 Å². The van der Waals surface area contributed by atoms with Gasteiger partial charge in [-0.3, -0.25) is 4.79 Å². The highest BCUT2D eigenvalue weighted by Crippen LogP contribution is 2.27. The molecule has 6 nitrogen and oxygen atoms in total. The van der Waals surface area contributed by atoms with Crippen LogP contribution in [0.15, 0.2) is 88.7 Å². The van der Waals surface area contributed by atoms with E-state index in [1.807, 2.05) is 99.0 Å². The van der Waals surface area contributed by atoms with Crippen molar-refractivity contribution in [3.63, 3.8) is 0 Å². The maximum Gasteiger partial charge on any atom is 0.271 e. The number of fused-ring (bicyclic) bond motifs is 1. The summed E-state index contributed by atoms with van der Waals surface area (Å²) in [6, 6.07) is 25.6. The summed E-state index contributed by atoms with van der Waals surface area (Å²) in [6.07, 6.45) is 1.92. The van der Waals surface area contributed by atoms with Crippen molar-refractivity contribution in [1.82, 2.24) is 19.3 Å². The highest BCUT2D eigenvalue weighted by atomic mass is 32.2. The van der Waals surface area contributed by atoms with Crippen LogP contribution in [0, 0.1) is 13.8 Å². The van der Waals surface area contributed by atoms with Gasteiger partial charge in [0, 0.05) is 5.69 Å². The zero-order valence-corrected chi connectivity index (χ0v) is 19.4. The molecule has 0 spiro atoms. The number of anilines is 2. The molecule has 1 N–H and O–H groups in total. The van der Waals surface area contributed by atoms with Crippen LogP contribution in [-0.2, 0) is 0 Å². The lowest BCUT2D eigenvalue weighted by Crippen LogP contribution is -2.23. The van der Waals surface area contributed by atoms with Crippen LogP contribution in [-0.4, -0.2) is 25.6 Å². The number of rotatable bonds is 5. The Morgan fingerprint density at radius 3 is 2.09 bits per heavy atom. The Morgan fingerprint density at radius 1 is 0.818 bits per heavy atom. The smallest absolute Gasteiger partial charge is 0.271 e. The topological polar surface area (TPSA) is 64.7 Å². The molecule has 33 heavy (non-hydrogen) atoms. The molecule has 0 amide bonds. The first kappa shape index (κ1) is 21.0. The lowest BCUT2D eigenvalue weighted by molar-refractivity contribution is 0.851. The van der Waals surface area contributed by atoms with Gasteiger partial charge in [0.1, 0.15) is 10.4 Å². The second-order valence-corrected chi connectivity index (χ2v) is 8.65. The van der Waals surface area contributed by atoms with E-state index in [9.17, 15) is 4.79 Å². The summed E-state index contributed by atoms with van der Waals surface area (Å²) in [5, 5.41) is 9.23. The van der Waals surface area contributed by atoms with E-state index in [2.05, 4.69) is 5.32 Å². The molecule has 5 aromatic rings. The summed E-state index contributed by atoms with van der Waals surface area (Å²) in [7, 11) is 0. The Hall–Kier alpha value is -3.84. The Morgan fingerprint density at radius 2 is 1.45 bits per heavy atom. The highest BCUT2D eigenvalue weighted by Gasteiger charge is 2.21. The lowest BCUT2D eigenvalue weighted by atomic mass is 10.2. The van der Waals surface area contributed by atoms with Crippen LogP contribution >= 0.6 is 11.8 Å². The van der Waals surface area contributed by atoms with Gasteiger partial charge in [0.25, 0.3) is 5.56 Å². The third-order valence-corrected chi connectivity index (χ3v) is 6.14. The number of nitrogens with zero attached hydrogens (tertiary/aromatic N) is 4. The van der Waals surface area contributed by atoms with Crippen LogP contribution in [0.3, 0.4) is 0 Å². The summed E-state index contributed by atoms with van der Waals surface area (Å²) in [4.78, 5) is 18.9. The summed E-state index contributed by atoms with van der Waals surface area (Å²) in [5.74, 6) is 0.435. The van der Waals surface area contributed by atoms with Gasteiger partial charge in [0.15, 0.2) is 5.65 Å². The van der Waals surface area contributed by atoms with Crippen LogP contribution in [0.2, 0.25) is 0 Å². The molecule has 0 atom stereocenters. The quantitative estimate of drug-likeness (QED) is 0.348. The third-order valence-electron chi connectivity index (χ3n) is 5.46. The second-order valence-electron chi connectivity index (χ2n) is 7.86. The molecule has 0 aliphatic heterocycles. The maximum atomic E-state index is 13.9. The molecule has 0 saturated heterocycles. The molecule has 2 aromatic heterocycles. The van der Waals surface area contributed by atoms with Gasteiger partial charge in [-0.1, -0.05) is 53.6 Å². The molecule has 0 aliphatic rings. The van der Waals surface area contributed by atoms with E-state index in [1.165, 1.54) is 11.8 Å². The molecule has 0 saturated carbocycles. The van der Waals surface area contributed by atoms with E-state index in [1.54, 1.807) is 9.25 Å². The Bertz CT molecular complexity index is 1490. The highest BCUT2D eigenvalue weighted by molar-refractivity contribution is 7.98. The van der Waals surface area contributed by atoms with Crippen molar-refractivity contribution in [2.24, 2.45) is 0 Å². The van der Waals surface area contributed by atoms with E-state index in [0.717, 1.165) is 28.2 Å². The number of aromatic nitrogens is 4. The Kier molecular flexibility index (Phi) is 5.48. The zero-order valence-electron chi connectivity index (χ0n) is 18.6. The Labute approximate surface area is 195 Å². The van der Waals surface area contributed by atoms with Crippen LogP contribution in [0.1, 0.15) is 11.1 Å². The zero-order chi connectivity index (χ0) is 22.9. The van der Waals surface area contributed by atoms with E-state index in [0.29, 0.717) is 22.0 Å². The number of thioether (sulfide) groups is 1. The summed E-state index contributed by atoms with van der Waals surface area (Å²) in [5.41, 5.74) is 5.09. The third kappa shape index (κ3) is 3.91. The van der Waals surface area contributed by atoms with Crippen molar-refractivity contribution in [1.29, 1.82) is 0 Å². The molecule has 0 fully saturated rings. The fourth-order valence-electron chi connectivity index (χ4n) is 3.71. The predicted molar refractivity (Wildman–Crippen MR) is 135 cm³/mol. The van der Waals surface area contributed by atoms with Crippen molar-refractivity contribution in [2.45, 2.75) is 18.9 Å². The fourth-order valence-corrected chi connectivity index (χ4v) is 4.26. The Balaban J connectivity index is 1.81. The van der Waals surface area contributed by atoms with Crippen molar-refractivity contribution in [2.75, 3.05) is 11.6 Å². The molecule has 0 unspecified atom stereocenters. The van der Waals surface area contributed by atoms with Crippen molar-refractivity contribution in [3.8, 4) is 11.4 Å². The summed E-state index contributed by atoms with van der Waals surface area (Å²) in [6.45, 7) is 4.06. The summed E-state index contributed by atoms with van der Waals surface area (Å²) >= 11 is 1.44. The van der Waals surface area contributed by atoms with E-state index < -0.39 is 0 Å². The largest absolute Gasteiger partial charge is 0.325 e. The van der Waals surface area contributed by atoms with Gasteiger partial charge < -0.3 is 5.32 Å². The molecular formula is C26H23N5OS. The van der Waals surface area contributed by atoms with Crippen molar-refractivity contribution < 1.29 is 0 Å². The minimum absolute atomic E-state index is 0.162. The minimum atomic E-state index is -0.162. The van der Waals surface area contributed by atoms with E-state index in [4.69, 9.17) is 10.1 Å². The van der Waals surface area contributed by atoms with Gasteiger partial charge in [-0.2, -0.15) is 10.1 Å². The molecular weight excluding hydrogens is 430 g/mol. The molecule has 0 aliphatic carbocycles. The predicted octanol–water partition coefficient (Wildman–Crippen LogP) is 5.65. The van der Waals surface area contributed by atoms with Gasteiger partial charge in [0.2, 0.25) is 5.95 Å². The SMILES string of the molecule is CSc1nn(-c2ccccc2)c2nc(Nc3ccc(C)cc3)n(-c3ccc(C)cc3)c(=O)c12. The number of aryl methyl sites for hydroxylation is 2. The maximum absolute atomic E-state index is 13.9. The lowest BCUT2D eigenvalue weighted by Gasteiger charge is -2.15. The minimum Gasteiger partial charge on any atom is -0.325 e. The number of para-hydroxylation sites is 1. The fraction of sp³-hybridized carbons (Fsp3) is 0.115. The van der Waals surface area contributed by atoms with Gasteiger partial charge in [-0.05, 0) is 56.5 Å². The van der Waals surface area contributed by atoms with Crippen molar-refractivity contribution >= 4 is 34.4 Å². The van der Waals surface area contributed by atoms with Gasteiger partial charge in [-0.15, -0.1) is 11.8 Å². The number of hydrogen-bond donors (Lipinski definition) is 1. The van der Waals surface area contributed by atoms with E-state index in [-0.39, 0.29) is 5.56 Å². The van der Waals surface area contributed by atoms with Crippen LogP contribution in [0.4, 0.5) is 11.6 Å². The van der Waals surface area contributed by atoms with Gasteiger partial charge >= 0.3 is 0 Å². The standard InChI is InChI=1S/C26H23N5OS/c1-17-9-13-19(14-10-17)27-26-28-23-22(25(32)30(26)20-15-11-18(2)12-16-20)24(33-3)29-31(23)21-7-5-4-6-8-21/h4-16H,1-3H3,(H,27,28). The number of benzene rings is 3. The normalized spacial score (nSPS) is 11.1. The van der Waals surface area contributed by atoms with Crippen molar-refractivity contribution in [3.05, 3.63) is 100 Å². The molecule has 2 heterocycles. The monoisotopic (exact) mass is 453 g/mol. The number of hydrogen-bond acceptors (Lipinski definition) is 5. The molecule has 164 valence electrons.